The Morgan fingerprint density at radius 1 is 1.67 bits per heavy atom. The molecule has 0 aromatic carbocycles. The van der Waals surface area contributed by atoms with Crippen molar-refractivity contribution in [2.45, 2.75) is 6.92 Å². The number of carbonyl (C=O) groups is 1. The summed E-state index contributed by atoms with van der Waals surface area (Å²) in [6.45, 7) is 1.78. The topological polar surface area (TPSA) is 51.2 Å². The van der Waals surface area contributed by atoms with Crippen molar-refractivity contribution >= 4 is 5.91 Å². The molecule has 1 heterocycles. The highest BCUT2D eigenvalue weighted by Crippen LogP contribution is 2.13. The van der Waals surface area contributed by atoms with Crippen LogP contribution in [0.5, 0.6) is 5.75 Å². The van der Waals surface area contributed by atoms with Crippen LogP contribution in [0, 0.1) is 11.8 Å². The Bertz CT molecular complexity index is 405. The molecule has 0 aliphatic carbocycles. The molecule has 0 atom stereocenters. The number of nitrogens with one attached hydrogen (secondary N) is 1. The van der Waals surface area contributed by atoms with Crippen molar-refractivity contribution in [1.29, 1.82) is 0 Å². The lowest BCUT2D eigenvalue weighted by Gasteiger charge is -2.00. The van der Waals surface area contributed by atoms with E-state index in [1.165, 1.54) is 6.92 Å². The van der Waals surface area contributed by atoms with Gasteiger partial charge in [0.05, 0.1) is 19.2 Å². The summed E-state index contributed by atoms with van der Waals surface area (Å²) in [6.07, 6.45) is 3.26. The van der Waals surface area contributed by atoms with Crippen molar-refractivity contribution < 1.29 is 9.53 Å². The van der Waals surface area contributed by atoms with Gasteiger partial charge in [0.15, 0.2) is 0 Å². The number of aromatic nitrogens is 1. The predicted octanol–water partition coefficient (Wildman–Crippen LogP) is 0.578. The minimum atomic E-state index is -0.0950. The number of carbonyl (C=O) groups excluding carboxylic acids is 1. The molecule has 0 radical (unpaired) electrons. The second kappa shape index (κ2) is 5.66. The fourth-order valence-electron chi connectivity index (χ4n) is 0.962. The Hall–Kier alpha value is -2.02. The van der Waals surface area contributed by atoms with Crippen molar-refractivity contribution in [1.82, 2.24) is 10.3 Å². The van der Waals surface area contributed by atoms with Gasteiger partial charge in [0.25, 0.3) is 0 Å². The molecule has 78 valence electrons. The van der Waals surface area contributed by atoms with Crippen LogP contribution in [-0.4, -0.2) is 24.5 Å². The van der Waals surface area contributed by atoms with Gasteiger partial charge in [0, 0.05) is 19.3 Å². The molecule has 15 heavy (non-hydrogen) atoms. The largest absolute Gasteiger partial charge is 0.495 e. The molecule has 0 fully saturated rings. The third kappa shape index (κ3) is 3.69. The summed E-state index contributed by atoms with van der Waals surface area (Å²) in [4.78, 5) is 14.5. The Morgan fingerprint density at radius 3 is 3.13 bits per heavy atom. The van der Waals surface area contributed by atoms with Gasteiger partial charge in [-0.15, -0.1) is 0 Å². The van der Waals surface area contributed by atoms with Crippen LogP contribution in [0.25, 0.3) is 0 Å². The summed E-state index contributed by atoms with van der Waals surface area (Å²) >= 11 is 0. The highest BCUT2D eigenvalue weighted by Gasteiger charge is 1.96. The molecule has 0 aliphatic rings. The van der Waals surface area contributed by atoms with E-state index >= 15 is 0 Å². The Balaban J connectivity index is 2.66. The van der Waals surface area contributed by atoms with Crippen LogP contribution < -0.4 is 10.1 Å². The number of hydrogen-bond acceptors (Lipinski definition) is 3. The van der Waals surface area contributed by atoms with Crippen LogP contribution >= 0.6 is 0 Å². The SMILES string of the molecule is COc1ccncc1C#CCNC(C)=O. The smallest absolute Gasteiger partial charge is 0.217 e. The van der Waals surface area contributed by atoms with E-state index in [2.05, 4.69) is 22.1 Å². The van der Waals surface area contributed by atoms with Crippen molar-refractivity contribution in [3.8, 4) is 17.6 Å². The molecular weight excluding hydrogens is 192 g/mol. The quantitative estimate of drug-likeness (QED) is 0.717. The molecule has 0 bridgehead atoms. The van der Waals surface area contributed by atoms with Crippen molar-refractivity contribution in [3.05, 3.63) is 24.0 Å². The van der Waals surface area contributed by atoms with Crippen LogP contribution in [0.1, 0.15) is 12.5 Å². The molecule has 1 aromatic rings. The molecular formula is C11H12N2O2. The fourth-order valence-corrected chi connectivity index (χ4v) is 0.962. The molecule has 0 unspecified atom stereocenters. The predicted molar refractivity (Wildman–Crippen MR) is 56.4 cm³/mol. The standard InChI is InChI=1S/C11H12N2O2/c1-9(14)13-6-3-4-10-8-12-7-5-11(10)15-2/h5,7-8H,6H2,1-2H3,(H,13,14). The van der Waals surface area contributed by atoms with Gasteiger partial charge in [0.1, 0.15) is 5.75 Å². The van der Waals surface area contributed by atoms with E-state index in [1.54, 1.807) is 25.6 Å². The van der Waals surface area contributed by atoms with Crippen molar-refractivity contribution in [2.24, 2.45) is 0 Å². The molecule has 1 amide bonds. The van der Waals surface area contributed by atoms with E-state index in [0.29, 0.717) is 17.9 Å². The lowest BCUT2D eigenvalue weighted by Crippen LogP contribution is -2.19. The monoisotopic (exact) mass is 204 g/mol. The fraction of sp³-hybridized carbons (Fsp3) is 0.273. The first kappa shape index (κ1) is 11.1. The maximum absolute atomic E-state index is 10.6. The molecule has 1 N–H and O–H groups in total. The van der Waals surface area contributed by atoms with E-state index in [9.17, 15) is 4.79 Å². The second-order valence-electron chi connectivity index (χ2n) is 2.79. The minimum absolute atomic E-state index is 0.0950. The number of ether oxygens (including phenoxy) is 1. The van der Waals surface area contributed by atoms with E-state index < -0.39 is 0 Å². The van der Waals surface area contributed by atoms with Gasteiger partial charge in [-0.2, -0.15) is 0 Å². The van der Waals surface area contributed by atoms with E-state index in [-0.39, 0.29) is 5.91 Å². The van der Waals surface area contributed by atoms with Gasteiger partial charge >= 0.3 is 0 Å². The zero-order valence-electron chi connectivity index (χ0n) is 8.70. The van der Waals surface area contributed by atoms with Gasteiger partial charge in [-0.05, 0) is 6.07 Å². The molecule has 4 heteroatoms. The third-order valence-corrected chi connectivity index (χ3v) is 1.65. The first-order valence-corrected chi connectivity index (χ1v) is 4.45. The van der Waals surface area contributed by atoms with Gasteiger partial charge < -0.3 is 10.1 Å². The van der Waals surface area contributed by atoms with Crippen molar-refractivity contribution in [3.63, 3.8) is 0 Å². The maximum Gasteiger partial charge on any atom is 0.217 e. The number of rotatable bonds is 2. The van der Waals surface area contributed by atoms with Crippen LogP contribution in [-0.2, 0) is 4.79 Å². The third-order valence-electron chi connectivity index (χ3n) is 1.65. The van der Waals surface area contributed by atoms with E-state index in [4.69, 9.17) is 4.74 Å². The molecule has 1 rings (SSSR count). The number of amides is 1. The zero-order valence-corrected chi connectivity index (χ0v) is 8.70. The van der Waals surface area contributed by atoms with Gasteiger partial charge in [-0.3, -0.25) is 9.78 Å². The summed E-state index contributed by atoms with van der Waals surface area (Å²) in [7, 11) is 1.58. The first-order chi connectivity index (χ1) is 7.24. The van der Waals surface area contributed by atoms with Crippen molar-refractivity contribution in [2.75, 3.05) is 13.7 Å². The number of pyridine rings is 1. The first-order valence-electron chi connectivity index (χ1n) is 4.45. The van der Waals surface area contributed by atoms with Crippen LogP contribution in [0.3, 0.4) is 0 Å². The lowest BCUT2D eigenvalue weighted by atomic mass is 10.2. The molecule has 0 spiro atoms. The highest BCUT2D eigenvalue weighted by molar-refractivity contribution is 5.73. The summed E-state index contributed by atoms with van der Waals surface area (Å²) in [5.41, 5.74) is 0.713. The second-order valence-corrected chi connectivity index (χ2v) is 2.79. The zero-order chi connectivity index (χ0) is 11.1. The molecule has 0 saturated heterocycles. The lowest BCUT2D eigenvalue weighted by molar-refractivity contribution is -0.118. The van der Waals surface area contributed by atoms with Crippen LogP contribution in [0.4, 0.5) is 0 Å². The molecule has 1 aromatic heterocycles. The Kier molecular flexibility index (Phi) is 4.17. The Morgan fingerprint density at radius 2 is 2.47 bits per heavy atom. The van der Waals surface area contributed by atoms with E-state index in [0.717, 1.165) is 0 Å². The van der Waals surface area contributed by atoms with Gasteiger partial charge in [0.2, 0.25) is 5.91 Å². The maximum atomic E-state index is 10.6. The summed E-state index contributed by atoms with van der Waals surface area (Å²) in [5.74, 6) is 6.26. The molecule has 4 nitrogen and oxygen atoms in total. The minimum Gasteiger partial charge on any atom is -0.495 e. The molecule has 0 aliphatic heterocycles. The number of hydrogen-bond donors (Lipinski definition) is 1. The average molecular weight is 204 g/mol. The van der Waals surface area contributed by atoms with Crippen LogP contribution in [0.2, 0.25) is 0 Å². The highest BCUT2D eigenvalue weighted by atomic mass is 16.5. The Labute approximate surface area is 88.7 Å². The van der Waals surface area contributed by atoms with Gasteiger partial charge in [-0.1, -0.05) is 11.8 Å². The summed E-state index contributed by atoms with van der Waals surface area (Å²) in [5, 5.41) is 2.58. The average Bonchev–Trinajstić information content (AvgIpc) is 2.24. The molecule has 0 saturated carbocycles. The summed E-state index contributed by atoms with van der Waals surface area (Å²) in [6, 6.07) is 1.74. The van der Waals surface area contributed by atoms with E-state index in [1.807, 2.05) is 0 Å². The van der Waals surface area contributed by atoms with Crippen LogP contribution in [0.15, 0.2) is 18.5 Å². The normalized spacial score (nSPS) is 8.67. The number of nitrogens with zero attached hydrogens (tertiary/aromatic N) is 1. The summed E-state index contributed by atoms with van der Waals surface area (Å²) < 4.78 is 5.09. The van der Waals surface area contributed by atoms with Gasteiger partial charge in [-0.25, -0.2) is 0 Å². The number of methoxy groups -OCH3 is 1.